The Labute approximate surface area is 105 Å². The Morgan fingerprint density at radius 1 is 1.29 bits per heavy atom. The number of rotatable bonds is 10. The highest BCUT2D eigenvalue weighted by Gasteiger charge is 2.10. The Hall–Kier alpha value is -0.610. The van der Waals surface area contributed by atoms with Gasteiger partial charge in [0.05, 0.1) is 6.10 Å². The highest BCUT2D eigenvalue weighted by atomic mass is 16.3. The topological polar surface area (TPSA) is 75.3 Å². The van der Waals surface area contributed by atoms with Crippen molar-refractivity contribution in [1.82, 2.24) is 5.32 Å². The second-order valence-corrected chi connectivity index (χ2v) is 4.64. The number of nitrogens with one attached hydrogen (secondary N) is 1. The summed E-state index contributed by atoms with van der Waals surface area (Å²) in [6.07, 6.45) is 4.76. The number of hydrogen-bond acceptors (Lipinski definition) is 3. The van der Waals surface area contributed by atoms with Crippen LogP contribution in [0.3, 0.4) is 0 Å². The van der Waals surface area contributed by atoms with E-state index in [4.69, 9.17) is 5.73 Å². The van der Waals surface area contributed by atoms with Crippen LogP contribution in [0.2, 0.25) is 0 Å². The number of carbonyl (C=O) groups excluding carboxylic acids is 1. The normalized spacial score (nSPS) is 14.4. The molecule has 4 heteroatoms. The maximum absolute atomic E-state index is 11.5. The molecule has 0 rings (SSSR count). The van der Waals surface area contributed by atoms with Crippen LogP contribution in [-0.4, -0.2) is 30.2 Å². The smallest absolute Gasteiger partial charge is 0.220 e. The number of aliphatic hydroxyl groups is 1. The highest BCUT2D eigenvalue weighted by molar-refractivity contribution is 5.75. The summed E-state index contributed by atoms with van der Waals surface area (Å²) < 4.78 is 0. The fourth-order valence-corrected chi connectivity index (χ4v) is 1.88. The number of aliphatic hydroxyl groups excluding tert-OH is 1. The second-order valence-electron chi connectivity index (χ2n) is 4.64. The molecule has 0 saturated carbocycles. The molecule has 0 spiro atoms. The minimum absolute atomic E-state index is 0.0376. The van der Waals surface area contributed by atoms with Gasteiger partial charge in [-0.15, -0.1) is 0 Å². The van der Waals surface area contributed by atoms with Crippen LogP contribution in [0.25, 0.3) is 0 Å². The van der Waals surface area contributed by atoms with Gasteiger partial charge in [-0.2, -0.15) is 0 Å². The molecule has 0 aliphatic rings. The Bertz CT molecular complexity index is 198. The Morgan fingerprint density at radius 2 is 2.00 bits per heavy atom. The maximum Gasteiger partial charge on any atom is 0.220 e. The lowest BCUT2D eigenvalue weighted by Gasteiger charge is -2.14. The maximum atomic E-state index is 11.5. The molecule has 0 heterocycles. The van der Waals surface area contributed by atoms with Gasteiger partial charge in [0.1, 0.15) is 0 Å². The van der Waals surface area contributed by atoms with Crippen molar-refractivity contribution in [2.75, 3.05) is 13.1 Å². The Kier molecular flexibility index (Phi) is 10.2. The molecule has 1 amide bonds. The first-order valence-electron chi connectivity index (χ1n) is 6.78. The zero-order chi connectivity index (χ0) is 13.1. The van der Waals surface area contributed by atoms with E-state index in [2.05, 4.69) is 12.2 Å². The molecule has 102 valence electrons. The molecule has 2 atom stereocenters. The van der Waals surface area contributed by atoms with Gasteiger partial charge in [0, 0.05) is 13.0 Å². The largest absolute Gasteiger partial charge is 0.391 e. The third-order valence-corrected chi connectivity index (χ3v) is 3.09. The third-order valence-electron chi connectivity index (χ3n) is 3.09. The van der Waals surface area contributed by atoms with Crippen molar-refractivity contribution in [3.05, 3.63) is 0 Å². The summed E-state index contributed by atoms with van der Waals surface area (Å²) in [5.74, 6) is 0.585. The summed E-state index contributed by atoms with van der Waals surface area (Å²) in [6, 6.07) is 0. The molecule has 0 aromatic rings. The molecule has 4 nitrogen and oxygen atoms in total. The van der Waals surface area contributed by atoms with Gasteiger partial charge >= 0.3 is 0 Å². The molecule has 0 aliphatic carbocycles. The van der Waals surface area contributed by atoms with Crippen LogP contribution < -0.4 is 11.1 Å². The van der Waals surface area contributed by atoms with E-state index in [0.717, 1.165) is 32.1 Å². The van der Waals surface area contributed by atoms with E-state index in [1.54, 1.807) is 0 Å². The predicted octanol–water partition coefficient (Wildman–Crippen LogP) is 1.42. The standard InChI is InChI=1S/C13H28N2O2/c1-3-5-12(16)10-15-13(17)7-6-11(4-2)8-9-14/h11-12,16H,3-10,14H2,1-2H3,(H,15,17). The summed E-state index contributed by atoms with van der Waals surface area (Å²) in [4.78, 5) is 11.5. The zero-order valence-electron chi connectivity index (χ0n) is 11.2. The highest BCUT2D eigenvalue weighted by Crippen LogP contribution is 2.14. The van der Waals surface area contributed by atoms with Gasteiger partial charge in [-0.25, -0.2) is 0 Å². The van der Waals surface area contributed by atoms with Crippen LogP contribution in [-0.2, 0) is 4.79 Å². The van der Waals surface area contributed by atoms with E-state index in [-0.39, 0.29) is 5.91 Å². The first kappa shape index (κ1) is 16.4. The Morgan fingerprint density at radius 3 is 2.53 bits per heavy atom. The van der Waals surface area contributed by atoms with Gasteiger partial charge in [-0.1, -0.05) is 26.7 Å². The van der Waals surface area contributed by atoms with Crippen molar-refractivity contribution in [2.45, 2.75) is 58.5 Å². The zero-order valence-corrected chi connectivity index (χ0v) is 11.2. The van der Waals surface area contributed by atoms with Crippen molar-refractivity contribution in [1.29, 1.82) is 0 Å². The molecule has 0 bridgehead atoms. The summed E-state index contributed by atoms with van der Waals surface area (Å²) in [5, 5.41) is 12.2. The first-order chi connectivity index (χ1) is 8.13. The summed E-state index contributed by atoms with van der Waals surface area (Å²) in [6.45, 7) is 5.21. The van der Waals surface area contributed by atoms with Crippen molar-refractivity contribution in [2.24, 2.45) is 11.7 Å². The summed E-state index contributed by atoms with van der Waals surface area (Å²) in [5.41, 5.74) is 5.51. The molecule has 0 saturated heterocycles. The molecule has 0 aliphatic heterocycles. The van der Waals surface area contributed by atoms with E-state index >= 15 is 0 Å². The van der Waals surface area contributed by atoms with E-state index in [9.17, 15) is 9.90 Å². The van der Waals surface area contributed by atoms with E-state index in [1.165, 1.54) is 0 Å². The van der Waals surface area contributed by atoms with E-state index in [0.29, 0.717) is 25.4 Å². The van der Waals surface area contributed by atoms with E-state index < -0.39 is 6.10 Å². The second kappa shape index (κ2) is 10.5. The van der Waals surface area contributed by atoms with E-state index in [1.807, 2.05) is 6.92 Å². The lowest BCUT2D eigenvalue weighted by molar-refractivity contribution is -0.121. The van der Waals surface area contributed by atoms with Gasteiger partial charge in [0.25, 0.3) is 0 Å². The number of carbonyl (C=O) groups is 1. The fraction of sp³-hybridized carbons (Fsp3) is 0.923. The number of hydrogen-bond donors (Lipinski definition) is 3. The van der Waals surface area contributed by atoms with Gasteiger partial charge in [-0.05, 0) is 31.7 Å². The molecule has 2 unspecified atom stereocenters. The minimum Gasteiger partial charge on any atom is -0.391 e. The first-order valence-corrected chi connectivity index (χ1v) is 6.78. The number of amides is 1. The predicted molar refractivity (Wildman–Crippen MR) is 70.6 cm³/mol. The van der Waals surface area contributed by atoms with Crippen LogP contribution in [0.1, 0.15) is 52.4 Å². The fourth-order valence-electron chi connectivity index (χ4n) is 1.88. The summed E-state index contributed by atoms with van der Waals surface area (Å²) >= 11 is 0. The van der Waals surface area contributed by atoms with Crippen molar-refractivity contribution in [3.8, 4) is 0 Å². The average molecular weight is 244 g/mol. The van der Waals surface area contributed by atoms with Crippen LogP contribution in [0.4, 0.5) is 0 Å². The summed E-state index contributed by atoms with van der Waals surface area (Å²) in [7, 11) is 0. The molecular weight excluding hydrogens is 216 g/mol. The molecule has 0 radical (unpaired) electrons. The third kappa shape index (κ3) is 9.12. The lowest BCUT2D eigenvalue weighted by atomic mass is 9.96. The van der Waals surface area contributed by atoms with Crippen molar-refractivity contribution in [3.63, 3.8) is 0 Å². The molecule has 17 heavy (non-hydrogen) atoms. The molecule has 0 aromatic heterocycles. The number of nitrogens with two attached hydrogens (primary N) is 1. The molecule has 4 N–H and O–H groups in total. The monoisotopic (exact) mass is 244 g/mol. The van der Waals surface area contributed by atoms with Gasteiger partial charge in [-0.3, -0.25) is 4.79 Å². The quantitative estimate of drug-likeness (QED) is 0.544. The lowest BCUT2D eigenvalue weighted by Crippen LogP contribution is -2.32. The van der Waals surface area contributed by atoms with Gasteiger partial charge < -0.3 is 16.2 Å². The van der Waals surface area contributed by atoms with Crippen LogP contribution >= 0.6 is 0 Å². The Balaban J connectivity index is 3.64. The molecule has 0 fully saturated rings. The van der Waals surface area contributed by atoms with Crippen LogP contribution in [0.5, 0.6) is 0 Å². The van der Waals surface area contributed by atoms with Crippen LogP contribution in [0, 0.1) is 5.92 Å². The van der Waals surface area contributed by atoms with Crippen molar-refractivity contribution < 1.29 is 9.90 Å². The van der Waals surface area contributed by atoms with Gasteiger partial charge in [0.15, 0.2) is 0 Å². The van der Waals surface area contributed by atoms with Crippen LogP contribution in [0.15, 0.2) is 0 Å². The van der Waals surface area contributed by atoms with Gasteiger partial charge in [0.2, 0.25) is 5.91 Å². The average Bonchev–Trinajstić information content (AvgIpc) is 2.32. The SMILES string of the molecule is CCCC(O)CNC(=O)CCC(CC)CCN. The van der Waals surface area contributed by atoms with Crippen molar-refractivity contribution >= 4 is 5.91 Å². The minimum atomic E-state index is -0.407. The molecular formula is C13H28N2O2. The molecule has 0 aromatic carbocycles.